The van der Waals surface area contributed by atoms with E-state index in [1.165, 1.54) is 186 Å². The predicted molar refractivity (Wildman–Crippen MR) is 269 cm³/mol. The van der Waals surface area contributed by atoms with Crippen molar-refractivity contribution in [3.63, 3.8) is 0 Å². The third-order valence-corrected chi connectivity index (χ3v) is 12.7. The van der Waals surface area contributed by atoms with Gasteiger partial charge in [0.05, 0.1) is 25.4 Å². The van der Waals surface area contributed by atoms with Gasteiger partial charge in [-0.3, -0.25) is 9.59 Å². The Kier molecular flexibility index (Phi) is 50.6. The average Bonchev–Trinajstić information content (AvgIpc) is 3.27. The van der Waals surface area contributed by atoms with E-state index < -0.39 is 12.1 Å². The summed E-state index contributed by atoms with van der Waals surface area (Å²) in [5, 5.41) is 23.2. The molecule has 0 aromatic rings. The maximum absolute atomic E-state index is 12.4. The minimum Gasteiger partial charge on any atom is -0.466 e. The Balaban J connectivity index is 3.48. The summed E-state index contributed by atoms with van der Waals surface area (Å²) in [6.45, 7) is 4.89. The fourth-order valence-electron chi connectivity index (χ4n) is 8.45. The third-order valence-electron chi connectivity index (χ3n) is 12.7. The summed E-state index contributed by atoms with van der Waals surface area (Å²) < 4.78 is 5.46. The van der Waals surface area contributed by atoms with E-state index in [4.69, 9.17) is 4.74 Å². The van der Waals surface area contributed by atoms with Crippen LogP contribution >= 0.6 is 0 Å². The zero-order valence-electron chi connectivity index (χ0n) is 41.6. The molecule has 2 unspecified atom stereocenters. The van der Waals surface area contributed by atoms with Crippen molar-refractivity contribution >= 4 is 11.9 Å². The lowest BCUT2D eigenvalue weighted by Gasteiger charge is -2.22. The van der Waals surface area contributed by atoms with E-state index in [9.17, 15) is 19.8 Å². The molecule has 0 saturated carbocycles. The van der Waals surface area contributed by atoms with Crippen LogP contribution in [0.3, 0.4) is 0 Å². The summed E-state index contributed by atoms with van der Waals surface area (Å²) in [7, 11) is 0. The van der Waals surface area contributed by atoms with Crippen molar-refractivity contribution in [2.75, 3.05) is 13.2 Å². The molecule has 0 aromatic heterocycles. The van der Waals surface area contributed by atoms with E-state index >= 15 is 0 Å². The Labute approximate surface area is 386 Å². The molecule has 0 bridgehead atoms. The van der Waals surface area contributed by atoms with Gasteiger partial charge in [-0.15, -0.1) is 0 Å². The number of carbonyl (C=O) groups excluding carboxylic acids is 2. The normalized spacial score (nSPS) is 12.8. The molecule has 1 amide bonds. The van der Waals surface area contributed by atoms with Crippen LogP contribution in [-0.2, 0) is 14.3 Å². The van der Waals surface area contributed by atoms with E-state index in [-0.39, 0.29) is 18.5 Å². The molecule has 62 heavy (non-hydrogen) atoms. The molecule has 0 aliphatic rings. The van der Waals surface area contributed by atoms with Gasteiger partial charge in [0.25, 0.3) is 0 Å². The van der Waals surface area contributed by atoms with E-state index in [2.05, 4.69) is 43.5 Å². The van der Waals surface area contributed by atoms with Gasteiger partial charge in [0.1, 0.15) is 0 Å². The maximum atomic E-state index is 12.4. The zero-order valence-corrected chi connectivity index (χ0v) is 41.6. The second-order valence-corrected chi connectivity index (χ2v) is 18.9. The number of ether oxygens (including phenoxy) is 1. The van der Waals surface area contributed by atoms with Crippen LogP contribution in [0, 0.1) is 0 Å². The minimum atomic E-state index is -0.680. The number of amides is 1. The topological polar surface area (TPSA) is 95.9 Å². The van der Waals surface area contributed by atoms with E-state index in [1.54, 1.807) is 0 Å². The number of esters is 1. The fraction of sp³-hybridized carbons (Fsp3) is 0.893. The van der Waals surface area contributed by atoms with Crippen molar-refractivity contribution in [1.82, 2.24) is 5.32 Å². The molecule has 366 valence electrons. The highest BCUT2D eigenvalue weighted by Crippen LogP contribution is 2.16. The molecule has 0 rings (SSSR count). The van der Waals surface area contributed by atoms with Crippen LogP contribution in [0.5, 0.6) is 0 Å². The highest BCUT2D eigenvalue weighted by molar-refractivity contribution is 5.76. The third kappa shape index (κ3) is 47.8. The number of aliphatic hydroxyl groups is 2. The van der Waals surface area contributed by atoms with Crippen molar-refractivity contribution in [2.45, 2.75) is 309 Å². The number of aliphatic hydroxyl groups excluding tert-OH is 2. The first-order chi connectivity index (χ1) is 30.5. The summed E-state index contributed by atoms with van der Waals surface area (Å²) in [5.41, 5.74) is 0. The van der Waals surface area contributed by atoms with Crippen molar-refractivity contribution in [3.8, 4) is 0 Å². The first kappa shape index (κ1) is 60.3. The molecular weight excluding hydrogens is 767 g/mol. The Morgan fingerprint density at radius 2 is 0.758 bits per heavy atom. The van der Waals surface area contributed by atoms with Gasteiger partial charge in [0.2, 0.25) is 5.91 Å². The fourth-order valence-corrected chi connectivity index (χ4v) is 8.45. The lowest BCUT2D eigenvalue weighted by molar-refractivity contribution is -0.143. The Morgan fingerprint density at radius 3 is 1.15 bits per heavy atom. The molecular formula is C56H107NO5. The summed E-state index contributed by atoms with van der Waals surface area (Å²) >= 11 is 0. The molecule has 0 aliphatic heterocycles. The first-order valence-electron chi connectivity index (χ1n) is 27.6. The molecule has 0 fully saturated rings. The number of allylic oxidation sites excluding steroid dienone is 4. The molecule has 0 spiro atoms. The van der Waals surface area contributed by atoms with Gasteiger partial charge in [0.15, 0.2) is 0 Å². The van der Waals surface area contributed by atoms with Gasteiger partial charge in [-0.1, -0.05) is 224 Å². The van der Waals surface area contributed by atoms with E-state index in [1.807, 2.05) is 0 Å². The lowest BCUT2D eigenvalue weighted by Crippen LogP contribution is -2.45. The van der Waals surface area contributed by atoms with Gasteiger partial charge < -0.3 is 20.3 Å². The van der Waals surface area contributed by atoms with Gasteiger partial charge in [-0.05, 0) is 83.5 Å². The number of hydrogen-bond acceptors (Lipinski definition) is 5. The van der Waals surface area contributed by atoms with E-state index in [0.717, 1.165) is 77.0 Å². The van der Waals surface area contributed by atoms with Crippen molar-refractivity contribution in [3.05, 3.63) is 24.3 Å². The van der Waals surface area contributed by atoms with Gasteiger partial charge in [-0.2, -0.15) is 0 Å². The van der Waals surface area contributed by atoms with Crippen LogP contribution in [-0.4, -0.2) is 47.4 Å². The van der Waals surface area contributed by atoms with Crippen LogP contribution in [0.25, 0.3) is 0 Å². The van der Waals surface area contributed by atoms with Gasteiger partial charge >= 0.3 is 5.97 Å². The second kappa shape index (κ2) is 52.0. The monoisotopic (exact) mass is 874 g/mol. The molecule has 0 radical (unpaired) electrons. The molecule has 2 atom stereocenters. The molecule has 0 saturated heterocycles. The smallest absolute Gasteiger partial charge is 0.305 e. The van der Waals surface area contributed by atoms with Crippen LogP contribution < -0.4 is 5.32 Å². The zero-order chi connectivity index (χ0) is 45.1. The highest BCUT2D eigenvalue weighted by atomic mass is 16.5. The summed E-state index contributed by atoms with van der Waals surface area (Å²) in [6, 6.07) is -0.560. The van der Waals surface area contributed by atoms with Gasteiger partial charge in [-0.25, -0.2) is 0 Å². The van der Waals surface area contributed by atoms with Crippen molar-refractivity contribution < 1.29 is 24.5 Å². The van der Waals surface area contributed by atoms with Gasteiger partial charge in [0, 0.05) is 12.8 Å². The molecule has 0 heterocycles. The molecule has 6 nitrogen and oxygen atoms in total. The van der Waals surface area contributed by atoms with Crippen LogP contribution in [0.15, 0.2) is 24.3 Å². The average molecular weight is 874 g/mol. The van der Waals surface area contributed by atoms with Crippen molar-refractivity contribution in [1.29, 1.82) is 0 Å². The minimum absolute atomic E-state index is 0.0231. The number of nitrogens with one attached hydrogen (secondary N) is 1. The summed E-state index contributed by atoms with van der Waals surface area (Å²) in [5.74, 6) is -0.0833. The van der Waals surface area contributed by atoms with E-state index in [0.29, 0.717) is 25.9 Å². The maximum Gasteiger partial charge on any atom is 0.305 e. The van der Waals surface area contributed by atoms with Crippen LogP contribution in [0.2, 0.25) is 0 Å². The van der Waals surface area contributed by atoms with Crippen LogP contribution in [0.1, 0.15) is 296 Å². The Morgan fingerprint density at radius 1 is 0.435 bits per heavy atom. The summed E-state index contributed by atoms with van der Waals surface area (Å²) in [6.07, 6.45) is 61.6. The first-order valence-corrected chi connectivity index (χ1v) is 27.6. The molecule has 0 aromatic carbocycles. The largest absolute Gasteiger partial charge is 0.466 e. The standard InChI is InChI=1S/C56H107NO5/c1-3-5-7-9-11-13-15-17-19-20-21-22-23-25-30-34-38-42-46-50-56(61)62-51-47-43-39-35-31-27-26-29-33-37-41-45-49-55(60)57-53(52-58)54(59)48-44-40-36-32-28-24-18-16-14-12-10-8-6-4-2/h17,19,27,31,53-54,58-59H,3-16,18,20-26,28-30,32-52H2,1-2H3,(H,57,60)/b19-17-,31-27-. The molecule has 6 heteroatoms. The number of carbonyl (C=O) groups is 2. The highest BCUT2D eigenvalue weighted by Gasteiger charge is 2.20. The predicted octanol–water partition coefficient (Wildman–Crippen LogP) is 16.7. The van der Waals surface area contributed by atoms with Crippen LogP contribution in [0.4, 0.5) is 0 Å². The number of unbranched alkanes of at least 4 members (excludes halogenated alkanes) is 36. The molecule has 0 aliphatic carbocycles. The van der Waals surface area contributed by atoms with Crippen molar-refractivity contribution in [2.24, 2.45) is 0 Å². The number of hydrogen-bond donors (Lipinski definition) is 3. The number of rotatable bonds is 51. The summed E-state index contributed by atoms with van der Waals surface area (Å²) in [4.78, 5) is 24.5. The Hall–Kier alpha value is -1.66. The SMILES string of the molecule is CCCCCCCC/C=C\CCCCCCCCCCCC(=O)OCCCCC/C=C\CCCCCCCC(=O)NC(CO)C(O)CCCCCCCCCCCCCCCC. The Bertz CT molecular complexity index is 966. The lowest BCUT2D eigenvalue weighted by atomic mass is 10.0. The molecule has 3 N–H and O–H groups in total. The quantitative estimate of drug-likeness (QED) is 0.0321. The second-order valence-electron chi connectivity index (χ2n) is 18.9.